The minimum absolute atomic E-state index is 0. The van der Waals surface area contributed by atoms with Crippen molar-refractivity contribution >= 4 is 18.3 Å². The summed E-state index contributed by atoms with van der Waals surface area (Å²) in [6.07, 6.45) is 10.6. The van der Waals surface area contributed by atoms with E-state index >= 15 is 0 Å². The fourth-order valence-corrected chi connectivity index (χ4v) is 4.33. The molecule has 0 bridgehead atoms. The number of halogens is 1. The third-order valence-electron chi connectivity index (χ3n) is 5.23. The zero-order chi connectivity index (χ0) is 14.6. The van der Waals surface area contributed by atoms with Crippen molar-refractivity contribution in [2.75, 3.05) is 6.54 Å². The van der Waals surface area contributed by atoms with Crippen LogP contribution in [0.5, 0.6) is 0 Å². The first kappa shape index (κ1) is 18.8. The van der Waals surface area contributed by atoms with E-state index in [1.807, 2.05) is 0 Å². The number of carbonyl (C=O) groups is 1. The lowest BCUT2D eigenvalue weighted by molar-refractivity contribution is -0.126. The number of hydrogen-bond acceptors (Lipinski definition) is 2. The summed E-state index contributed by atoms with van der Waals surface area (Å²) in [6.45, 7) is 5.47. The molecule has 0 heterocycles. The molecule has 0 aromatic carbocycles. The molecule has 1 amide bonds. The van der Waals surface area contributed by atoms with Crippen molar-refractivity contribution in [3.05, 3.63) is 0 Å². The predicted molar refractivity (Wildman–Crippen MR) is 90.5 cm³/mol. The van der Waals surface area contributed by atoms with Gasteiger partial charge in [-0.1, -0.05) is 33.1 Å². The van der Waals surface area contributed by atoms with Crippen molar-refractivity contribution in [2.45, 2.75) is 77.7 Å². The third-order valence-corrected chi connectivity index (χ3v) is 5.23. The van der Waals surface area contributed by atoms with Crippen molar-refractivity contribution < 1.29 is 4.79 Å². The fraction of sp³-hybridized carbons (Fsp3) is 0.941. The number of nitrogens with one attached hydrogen (secondary N) is 1. The molecule has 2 unspecified atom stereocenters. The van der Waals surface area contributed by atoms with Gasteiger partial charge in [0, 0.05) is 18.5 Å². The van der Waals surface area contributed by atoms with Crippen LogP contribution in [0.2, 0.25) is 0 Å². The van der Waals surface area contributed by atoms with Crippen LogP contribution in [-0.2, 0) is 4.79 Å². The second kappa shape index (κ2) is 8.38. The highest BCUT2D eigenvalue weighted by Gasteiger charge is 2.35. The average Bonchev–Trinajstić information content (AvgIpc) is 2.84. The van der Waals surface area contributed by atoms with Gasteiger partial charge < -0.3 is 11.1 Å². The molecule has 124 valence electrons. The van der Waals surface area contributed by atoms with Crippen LogP contribution >= 0.6 is 12.4 Å². The third kappa shape index (κ3) is 5.45. The van der Waals surface area contributed by atoms with Crippen LogP contribution in [0.15, 0.2) is 0 Å². The number of hydrogen-bond donors (Lipinski definition) is 2. The molecule has 0 radical (unpaired) electrons. The van der Waals surface area contributed by atoms with Gasteiger partial charge in [-0.25, -0.2) is 0 Å². The Bertz CT molecular complexity index is 327. The van der Waals surface area contributed by atoms with E-state index in [-0.39, 0.29) is 30.3 Å². The van der Waals surface area contributed by atoms with Crippen molar-refractivity contribution in [3.8, 4) is 0 Å². The van der Waals surface area contributed by atoms with Crippen molar-refractivity contribution in [1.82, 2.24) is 5.32 Å². The van der Waals surface area contributed by atoms with Gasteiger partial charge in [0.1, 0.15) is 0 Å². The standard InChI is InChI=1S/C17H32N2O.ClH/c1-13(2)11-17(8-3-4-9-17)12-19-16(20)14-6-5-7-15(18)10-14;/h13-15H,3-12,18H2,1-2H3,(H,19,20);1H. The summed E-state index contributed by atoms with van der Waals surface area (Å²) in [5, 5.41) is 3.27. The van der Waals surface area contributed by atoms with E-state index in [2.05, 4.69) is 19.2 Å². The molecule has 4 heteroatoms. The molecule has 3 nitrogen and oxygen atoms in total. The Morgan fingerprint density at radius 2 is 1.90 bits per heavy atom. The molecule has 2 aliphatic carbocycles. The Morgan fingerprint density at radius 1 is 1.24 bits per heavy atom. The van der Waals surface area contributed by atoms with Gasteiger partial charge in [-0.2, -0.15) is 0 Å². The Labute approximate surface area is 136 Å². The Hall–Kier alpha value is -0.280. The number of rotatable bonds is 5. The lowest BCUT2D eigenvalue weighted by Gasteiger charge is -2.33. The van der Waals surface area contributed by atoms with E-state index in [1.54, 1.807) is 0 Å². The van der Waals surface area contributed by atoms with E-state index in [1.165, 1.54) is 32.1 Å². The van der Waals surface area contributed by atoms with Crippen LogP contribution in [0, 0.1) is 17.3 Å². The highest BCUT2D eigenvalue weighted by Crippen LogP contribution is 2.42. The van der Waals surface area contributed by atoms with Crippen LogP contribution in [0.25, 0.3) is 0 Å². The molecule has 3 N–H and O–H groups in total. The lowest BCUT2D eigenvalue weighted by atomic mass is 9.78. The van der Waals surface area contributed by atoms with Gasteiger partial charge in [0.05, 0.1) is 0 Å². The minimum atomic E-state index is 0. The minimum Gasteiger partial charge on any atom is -0.355 e. The van der Waals surface area contributed by atoms with E-state index in [0.29, 0.717) is 11.3 Å². The summed E-state index contributed by atoms with van der Waals surface area (Å²) >= 11 is 0. The molecule has 2 aliphatic rings. The van der Waals surface area contributed by atoms with Crippen molar-refractivity contribution in [2.24, 2.45) is 23.0 Å². The van der Waals surface area contributed by atoms with Crippen LogP contribution < -0.4 is 11.1 Å². The highest BCUT2D eigenvalue weighted by atomic mass is 35.5. The first-order chi connectivity index (χ1) is 9.51. The number of nitrogens with two attached hydrogens (primary N) is 1. The molecule has 2 rings (SSSR count). The summed E-state index contributed by atoms with van der Waals surface area (Å²) in [4.78, 5) is 12.4. The van der Waals surface area contributed by atoms with Crippen LogP contribution in [0.4, 0.5) is 0 Å². The van der Waals surface area contributed by atoms with Crippen LogP contribution in [0.3, 0.4) is 0 Å². The summed E-state index contributed by atoms with van der Waals surface area (Å²) in [5.74, 6) is 1.14. The Morgan fingerprint density at radius 3 is 2.48 bits per heavy atom. The quantitative estimate of drug-likeness (QED) is 0.813. The topological polar surface area (TPSA) is 55.1 Å². The Balaban J connectivity index is 0.00000220. The molecular weight excluding hydrogens is 284 g/mol. The van der Waals surface area contributed by atoms with Gasteiger partial charge in [-0.05, 0) is 49.9 Å². The maximum atomic E-state index is 12.4. The van der Waals surface area contributed by atoms with Gasteiger partial charge in [-0.3, -0.25) is 4.79 Å². The SMILES string of the molecule is CC(C)CC1(CNC(=O)C2CCCC(N)C2)CCCC1.Cl. The largest absolute Gasteiger partial charge is 0.355 e. The number of amides is 1. The van der Waals surface area contributed by atoms with Gasteiger partial charge >= 0.3 is 0 Å². The van der Waals surface area contributed by atoms with Crippen molar-refractivity contribution in [3.63, 3.8) is 0 Å². The maximum absolute atomic E-state index is 12.4. The van der Waals surface area contributed by atoms with Gasteiger partial charge in [-0.15, -0.1) is 12.4 Å². The average molecular weight is 317 g/mol. The molecule has 0 saturated heterocycles. The summed E-state index contributed by atoms with van der Waals surface area (Å²) in [6, 6.07) is 0.232. The second-order valence-electron chi connectivity index (χ2n) is 7.65. The zero-order valence-corrected chi connectivity index (χ0v) is 14.5. The van der Waals surface area contributed by atoms with Crippen LogP contribution in [-0.4, -0.2) is 18.5 Å². The van der Waals surface area contributed by atoms with E-state index in [4.69, 9.17) is 5.73 Å². The first-order valence-electron chi connectivity index (χ1n) is 8.54. The smallest absolute Gasteiger partial charge is 0.223 e. The maximum Gasteiger partial charge on any atom is 0.223 e. The van der Waals surface area contributed by atoms with Gasteiger partial charge in [0.2, 0.25) is 5.91 Å². The van der Waals surface area contributed by atoms with Gasteiger partial charge in [0.25, 0.3) is 0 Å². The van der Waals surface area contributed by atoms with E-state index in [9.17, 15) is 4.79 Å². The van der Waals surface area contributed by atoms with Gasteiger partial charge in [0.15, 0.2) is 0 Å². The molecule has 2 atom stereocenters. The normalized spacial score (nSPS) is 28.2. The summed E-state index contributed by atoms with van der Waals surface area (Å²) < 4.78 is 0. The molecule has 21 heavy (non-hydrogen) atoms. The molecule has 0 aromatic rings. The van der Waals surface area contributed by atoms with E-state index in [0.717, 1.165) is 32.2 Å². The fourth-order valence-electron chi connectivity index (χ4n) is 4.33. The zero-order valence-electron chi connectivity index (χ0n) is 13.7. The monoisotopic (exact) mass is 316 g/mol. The van der Waals surface area contributed by atoms with E-state index < -0.39 is 0 Å². The number of carbonyl (C=O) groups excluding carboxylic acids is 1. The molecular formula is C17H33ClN2O. The summed E-state index contributed by atoms with van der Waals surface area (Å²) in [5.41, 5.74) is 6.37. The van der Waals surface area contributed by atoms with Crippen molar-refractivity contribution in [1.29, 1.82) is 0 Å². The predicted octanol–water partition coefficient (Wildman–Crippen LogP) is 3.65. The molecule has 0 spiro atoms. The molecule has 2 saturated carbocycles. The first-order valence-corrected chi connectivity index (χ1v) is 8.54. The highest BCUT2D eigenvalue weighted by molar-refractivity contribution is 5.85. The molecule has 2 fully saturated rings. The molecule has 0 aromatic heterocycles. The second-order valence-corrected chi connectivity index (χ2v) is 7.65. The Kier molecular flexibility index (Phi) is 7.49. The summed E-state index contributed by atoms with van der Waals surface area (Å²) in [7, 11) is 0. The lowest BCUT2D eigenvalue weighted by Crippen LogP contribution is -2.42. The molecule has 0 aliphatic heterocycles. The van der Waals surface area contributed by atoms with Crippen LogP contribution in [0.1, 0.15) is 71.6 Å².